The lowest BCUT2D eigenvalue weighted by atomic mass is 9.85. The first-order valence-electron chi connectivity index (χ1n) is 10.8. The van der Waals surface area contributed by atoms with Crippen LogP contribution in [0.25, 0.3) is 0 Å². The Morgan fingerprint density at radius 3 is 1.45 bits per heavy atom. The summed E-state index contributed by atoms with van der Waals surface area (Å²) < 4.78 is 17.8. The summed E-state index contributed by atoms with van der Waals surface area (Å²) in [6, 6.07) is 17.6. The van der Waals surface area contributed by atoms with E-state index >= 15 is 0 Å². The van der Waals surface area contributed by atoms with Crippen molar-refractivity contribution in [1.82, 2.24) is 0 Å². The Kier molecular flexibility index (Phi) is 5.49. The van der Waals surface area contributed by atoms with Gasteiger partial charge in [0.25, 0.3) is 0 Å². The molecule has 0 amide bonds. The topological polar surface area (TPSA) is 24.9 Å². The number of hydrogen-bond donors (Lipinski definition) is 0. The average Bonchev–Trinajstić information content (AvgIpc) is 2.76. The van der Waals surface area contributed by atoms with Gasteiger partial charge in [-0.15, -0.1) is 0 Å². The summed E-state index contributed by atoms with van der Waals surface area (Å²) >= 11 is 0. The molecule has 0 radical (unpaired) electrons. The Bertz CT molecular complexity index is 802. The molecule has 4 nitrogen and oxygen atoms in total. The number of hydrogen-bond acceptors (Lipinski definition) is 4. The van der Waals surface area contributed by atoms with Crippen LogP contribution in [0.2, 0.25) is 0 Å². The first kappa shape index (κ1) is 20.4. The molecule has 5 heteroatoms. The van der Waals surface area contributed by atoms with E-state index in [1.807, 2.05) is 14.2 Å². The van der Waals surface area contributed by atoms with E-state index in [2.05, 4.69) is 85.4 Å². The van der Waals surface area contributed by atoms with Crippen molar-refractivity contribution in [2.75, 3.05) is 36.4 Å². The Morgan fingerprint density at radius 1 is 0.690 bits per heavy atom. The van der Waals surface area contributed by atoms with Gasteiger partial charge in [0.1, 0.15) is 0 Å². The maximum atomic E-state index is 6.42. The van der Waals surface area contributed by atoms with Gasteiger partial charge >= 0.3 is 8.88 Å². The Balaban J connectivity index is 1.88. The zero-order valence-electron chi connectivity index (χ0n) is 18.6. The van der Waals surface area contributed by atoms with E-state index in [0.717, 1.165) is 13.1 Å². The molecule has 4 rings (SSSR count). The van der Waals surface area contributed by atoms with Gasteiger partial charge in [0, 0.05) is 38.7 Å². The van der Waals surface area contributed by atoms with E-state index in [4.69, 9.17) is 8.85 Å². The zero-order valence-corrected chi connectivity index (χ0v) is 19.6. The molecule has 0 saturated heterocycles. The van der Waals surface area contributed by atoms with Crippen molar-refractivity contribution in [2.45, 2.75) is 39.5 Å². The van der Waals surface area contributed by atoms with E-state index in [1.54, 1.807) is 0 Å². The summed E-state index contributed by atoms with van der Waals surface area (Å²) in [4.78, 5) is 0. The Hall–Kier alpha value is -1.82. The first-order valence-corrected chi connectivity index (χ1v) is 12.5. The number of anilines is 2. The van der Waals surface area contributed by atoms with E-state index in [-0.39, 0.29) is 0 Å². The molecular weight excluding hydrogens is 376 g/mol. The van der Waals surface area contributed by atoms with Crippen molar-refractivity contribution in [3.63, 3.8) is 0 Å². The van der Waals surface area contributed by atoms with Crippen LogP contribution in [0.5, 0.6) is 0 Å². The zero-order chi connectivity index (χ0) is 20.8. The highest BCUT2D eigenvalue weighted by Gasteiger charge is 2.56. The molecule has 2 aromatic rings. The van der Waals surface area contributed by atoms with Crippen LogP contribution < -0.4 is 9.13 Å². The molecule has 0 aromatic heterocycles. The van der Waals surface area contributed by atoms with Crippen molar-refractivity contribution in [3.05, 3.63) is 59.7 Å². The monoisotopic (exact) mass is 410 g/mol. The molecule has 2 aromatic carbocycles. The van der Waals surface area contributed by atoms with Gasteiger partial charge in [-0.1, -0.05) is 64.1 Å². The minimum atomic E-state index is -2.92. The quantitative estimate of drug-likeness (QED) is 0.644. The van der Waals surface area contributed by atoms with Crippen molar-refractivity contribution >= 4 is 20.3 Å². The molecule has 0 spiro atoms. The number of benzene rings is 2. The molecule has 0 aliphatic carbocycles. The largest absolute Gasteiger partial charge is 0.588 e. The Labute approximate surface area is 176 Å². The molecule has 4 atom stereocenters. The summed E-state index contributed by atoms with van der Waals surface area (Å²) in [6.45, 7) is 11.2. The summed E-state index contributed by atoms with van der Waals surface area (Å²) in [5.74, 6) is 2.10. The summed E-state index contributed by atoms with van der Waals surface area (Å²) in [5.41, 5.74) is 5.31. The van der Waals surface area contributed by atoms with Crippen LogP contribution in [-0.2, 0) is 8.85 Å². The van der Waals surface area contributed by atoms with Gasteiger partial charge in [0.05, 0.1) is 0 Å². The smallest absolute Gasteiger partial charge is 0.365 e. The van der Waals surface area contributed by atoms with Gasteiger partial charge in [-0.25, -0.2) is 0 Å². The fourth-order valence-corrected chi connectivity index (χ4v) is 8.54. The Morgan fingerprint density at radius 2 is 1.07 bits per heavy atom. The lowest BCUT2D eigenvalue weighted by Crippen LogP contribution is -2.73. The maximum Gasteiger partial charge on any atom is 0.588 e. The van der Waals surface area contributed by atoms with Crippen LogP contribution in [0.1, 0.15) is 50.7 Å². The molecule has 2 aliphatic heterocycles. The van der Waals surface area contributed by atoms with E-state index in [9.17, 15) is 0 Å². The highest BCUT2D eigenvalue weighted by Crippen LogP contribution is 2.45. The maximum absolute atomic E-state index is 6.42. The van der Waals surface area contributed by atoms with Gasteiger partial charge in [0.15, 0.2) is 0 Å². The fourth-order valence-electron chi connectivity index (χ4n) is 5.14. The number of rotatable bonds is 4. The van der Waals surface area contributed by atoms with Crippen LogP contribution in [0.3, 0.4) is 0 Å². The normalized spacial score (nSPS) is 26.8. The molecular formula is C24H34N2O2Si. The molecule has 156 valence electrons. The highest BCUT2D eigenvalue weighted by atomic mass is 28.4. The minimum Gasteiger partial charge on any atom is -0.365 e. The summed E-state index contributed by atoms with van der Waals surface area (Å²) in [6.07, 6.45) is 0. The number of para-hydroxylation sites is 2. The van der Waals surface area contributed by atoms with E-state index < -0.39 is 8.88 Å². The van der Waals surface area contributed by atoms with Crippen LogP contribution in [0, 0.1) is 11.8 Å². The molecule has 0 fully saturated rings. The molecule has 2 heterocycles. The van der Waals surface area contributed by atoms with Crippen molar-refractivity contribution in [3.8, 4) is 0 Å². The molecule has 0 bridgehead atoms. The third-order valence-corrected chi connectivity index (χ3v) is 10.6. The molecule has 4 unspecified atom stereocenters. The number of nitrogens with zero attached hydrogens (tertiary/aromatic N) is 2. The molecule has 2 aliphatic rings. The van der Waals surface area contributed by atoms with Gasteiger partial charge in [-0.2, -0.15) is 0 Å². The second-order valence-electron chi connectivity index (χ2n) is 8.83. The second kappa shape index (κ2) is 7.78. The van der Waals surface area contributed by atoms with Crippen molar-refractivity contribution < 1.29 is 8.85 Å². The summed E-state index contributed by atoms with van der Waals surface area (Å²) in [5, 5.41) is 0. The van der Waals surface area contributed by atoms with Gasteiger partial charge < -0.3 is 18.0 Å². The van der Waals surface area contributed by atoms with Crippen LogP contribution in [0.15, 0.2) is 48.5 Å². The number of fused-ring (bicyclic) bond motifs is 2. The first-order chi connectivity index (χ1) is 13.9. The van der Waals surface area contributed by atoms with Crippen molar-refractivity contribution in [2.24, 2.45) is 11.8 Å². The SMILES string of the molecule is CO[Si](OC)(N1CC(C)C(C)c2ccccc21)N1CC(C)C(C)c2ccccc21. The predicted molar refractivity (Wildman–Crippen MR) is 123 cm³/mol. The average molecular weight is 411 g/mol. The highest BCUT2D eigenvalue weighted by molar-refractivity contribution is 6.75. The van der Waals surface area contributed by atoms with Gasteiger partial charge in [-0.05, 0) is 46.9 Å². The fraction of sp³-hybridized carbons (Fsp3) is 0.500. The van der Waals surface area contributed by atoms with E-state index in [0.29, 0.717) is 23.7 Å². The predicted octanol–water partition coefficient (Wildman–Crippen LogP) is 5.23. The lowest BCUT2D eigenvalue weighted by Gasteiger charge is -2.52. The minimum absolute atomic E-state index is 0.524. The molecule has 0 N–H and O–H groups in total. The van der Waals surface area contributed by atoms with Crippen molar-refractivity contribution in [1.29, 1.82) is 0 Å². The summed E-state index contributed by atoms with van der Waals surface area (Å²) in [7, 11) is 0.731. The van der Waals surface area contributed by atoms with E-state index in [1.165, 1.54) is 22.5 Å². The van der Waals surface area contributed by atoms with Crippen LogP contribution in [0.4, 0.5) is 11.4 Å². The molecule has 29 heavy (non-hydrogen) atoms. The third kappa shape index (κ3) is 3.11. The lowest BCUT2D eigenvalue weighted by molar-refractivity contribution is 0.226. The molecule has 0 saturated carbocycles. The van der Waals surface area contributed by atoms with Gasteiger partial charge in [-0.3, -0.25) is 0 Å². The second-order valence-corrected chi connectivity index (χ2v) is 11.8. The van der Waals surface area contributed by atoms with Gasteiger partial charge in [0.2, 0.25) is 0 Å². The van der Waals surface area contributed by atoms with Crippen LogP contribution >= 0.6 is 0 Å². The standard InChI is InChI=1S/C24H34N2O2Si/c1-17-15-25(23-13-9-7-11-21(23)19(17)3)29(27-5,28-6)26-16-18(2)20(4)22-12-8-10-14-24(22)26/h7-14,17-20H,15-16H2,1-6H3. The van der Waals surface area contributed by atoms with Crippen LogP contribution in [-0.4, -0.2) is 36.2 Å². The third-order valence-electron chi connectivity index (χ3n) is 7.30.